The fraction of sp³-hybridized carbons (Fsp3) is 0.488. The number of ether oxygens (including phenoxy) is 2. The van der Waals surface area contributed by atoms with E-state index < -0.39 is 0 Å². The van der Waals surface area contributed by atoms with Crippen molar-refractivity contribution in [3.05, 3.63) is 90.7 Å². The normalized spacial score (nSPS) is 12.4. The maximum Gasteiger partial charge on any atom is 0.318 e. The number of hydrogen-bond donors (Lipinski definition) is 0. The zero-order valence-electron chi connectivity index (χ0n) is 31.0. The lowest BCUT2D eigenvalue weighted by Crippen LogP contribution is -2.32. The maximum absolute atomic E-state index is 11.9. The van der Waals surface area contributed by atoms with Crippen molar-refractivity contribution in [3.8, 4) is 17.8 Å². The number of hydrogen-bond acceptors (Lipinski definition) is 7. The predicted octanol–water partition coefficient (Wildman–Crippen LogP) is 9.98. The summed E-state index contributed by atoms with van der Waals surface area (Å²) < 4.78 is 11.9. The minimum Gasteiger partial charge on any atom is -0.497 e. The number of methoxy groups -OCH3 is 1. The lowest BCUT2D eigenvalue weighted by atomic mass is 10.00. The summed E-state index contributed by atoms with van der Waals surface area (Å²) >= 11 is 0. The van der Waals surface area contributed by atoms with Gasteiger partial charge in [0, 0.05) is 31.5 Å². The van der Waals surface area contributed by atoms with Gasteiger partial charge in [-0.3, -0.25) is 4.79 Å². The molecule has 0 aliphatic carbocycles. The number of ketones is 1. The van der Waals surface area contributed by atoms with Gasteiger partial charge in [0.1, 0.15) is 11.6 Å². The molecule has 0 aliphatic heterocycles. The van der Waals surface area contributed by atoms with Crippen LogP contribution in [0.5, 0.6) is 11.8 Å². The number of nitriles is 1. The highest BCUT2D eigenvalue weighted by molar-refractivity contribution is 5.89. The van der Waals surface area contributed by atoms with Crippen LogP contribution in [0.15, 0.2) is 73.9 Å². The fourth-order valence-electron chi connectivity index (χ4n) is 6.35. The van der Waals surface area contributed by atoms with Crippen molar-refractivity contribution in [2.75, 3.05) is 31.7 Å². The van der Waals surface area contributed by atoms with Crippen LogP contribution in [0.4, 0.5) is 5.82 Å². The van der Waals surface area contributed by atoms with Gasteiger partial charge in [0.15, 0.2) is 5.78 Å². The number of nitrogens with zero attached hydrogens (tertiary/aromatic N) is 4. The van der Waals surface area contributed by atoms with Crippen LogP contribution in [0.3, 0.4) is 0 Å². The number of carbonyl (C=O) groups is 1. The summed E-state index contributed by atoms with van der Waals surface area (Å²) in [6.07, 6.45) is 17.8. The number of carbonyl (C=O) groups excluding carboxylic acids is 1. The first-order valence-electron chi connectivity index (χ1n) is 18.5. The molecular formula is C43H58N4O3. The first-order chi connectivity index (χ1) is 24.4. The van der Waals surface area contributed by atoms with E-state index in [1.165, 1.54) is 22.4 Å². The Morgan fingerprint density at radius 1 is 1.10 bits per heavy atom. The largest absolute Gasteiger partial charge is 0.497 e. The summed E-state index contributed by atoms with van der Waals surface area (Å²) in [7, 11) is 1.71. The van der Waals surface area contributed by atoms with Gasteiger partial charge in [-0.05, 0) is 97.7 Å². The van der Waals surface area contributed by atoms with Gasteiger partial charge in [0.2, 0.25) is 0 Å². The molecular weight excluding hydrogens is 620 g/mol. The molecule has 3 aromatic rings. The average Bonchev–Trinajstić information content (AvgIpc) is 3.13. The molecule has 7 nitrogen and oxygen atoms in total. The van der Waals surface area contributed by atoms with E-state index in [-0.39, 0.29) is 11.7 Å². The Morgan fingerprint density at radius 2 is 1.92 bits per heavy atom. The number of rotatable bonds is 25. The highest BCUT2D eigenvalue weighted by Gasteiger charge is 2.22. The van der Waals surface area contributed by atoms with Crippen LogP contribution >= 0.6 is 0 Å². The molecule has 7 heteroatoms. The number of allylic oxidation sites excluding steroid dienone is 4. The second-order valence-corrected chi connectivity index (χ2v) is 13.2. The highest BCUT2D eigenvalue weighted by atomic mass is 16.5. The molecule has 2 aromatic carbocycles. The van der Waals surface area contributed by atoms with Gasteiger partial charge in [0.25, 0.3) is 0 Å². The zero-order chi connectivity index (χ0) is 36.1. The molecule has 2 atom stereocenters. The zero-order valence-corrected chi connectivity index (χ0v) is 31.0. The molecule has 0 bridgehead atoms. The minimum atomic E-state index is 0.0620. The van der Waals surface area contributed by atoms with Gasteiger partial charge in [0.05, 0.1) is 25.5 Å². The Labute approximate surface area is 301 Å². The fourth-order valence-corrected chi connectivity index (χ4v) is 6.35. The molecule has 50 heavy (non-hydrogen) atoms. The maximum atomic E-state index is 11.9. The highest BCUT2D eigenvalue weighted by Crippen LogP contribution is 2.29. The van der Waals surface area contributed by atoms with Crippen molar-refractivity contribution in [2.24, 2.45) is 11.8 Å². The third-order valence-electron chi connectivity index (χ3n) is 9.12. The molecule has 0 N–H and O–H groups in total. The first kappa shape index (κ1) is 40.0. The minimum absolute atomic E-state index is 0.0620. The van der Waals surface area contributed by atoms with Gasteiger partial charge >= 0.3 is 6.01 Å². The molecule has 0 unspecified atom stereocenters. The Hall–Kier alpha value is -4.44. The van der Waals surface area contributed by atoms with Crippen LogP contribution in [0.1, 0.15) is 95.4 Å². The smallest absolute Gasteiger partial charge is 0.318 e. The Balaban J connectivity index is 1.92. The van der Waals surface area contributed by atoms with Gasteiger partial charge in [-0.25, -0.2) is 0 Å². The number of unbranched alkanes of at least 4 members (excludes halogenated alkanes) is 2. The number of aryl methyl sites for hydroxylation is 1. The third-order valence-corrected chi connectivity index (χ3v) is 9.12. The van der Waals surface area contributed by atoms with E-state index in [1.54, 1.807) is 7.11 Å². The van der Waals surface area contributed by atoms with E-state index in [2.05, 4.69) is 93.4 Å². The summed E-state index contributed by atoms with van der Waals surface area (Å²) in [4.78, 5) is 24.3. The monoisotopic (exact) mass is 678 g/mol. The van der Waals surface area contributed by atoms with E-state index in [9.17, 15) is 10.1 Å². The van der Waals surface area contributed by atoms with E-state index in [4.69, 9.17) is 19.4 Å². The van der Waals surface area contributed by atoms with Crippen LogP contribution in [0, 0.1) is 23.2 Å². The van der Waals surface area contributed by atoms with Gasteiger partial charge in [-0.2, -0.15) is 15.2 Å². The number of aromatic nitrogens is 2. The summed E-state index contributed by atoms with van der Waals surface area (Å²) in [6.45, 7) is 16.0. The lowest BCUT2D eigenvalue weighted by molar-refractivity contribution is -0.114. The Morgan fingerprint density at radius 3 is 2.64 bits per heavy atom. The quantitative estimate of drug-likeness (QED) is 0.0501. The molecule has 268 valence electrons. The van der Waals surface area contributed by atoms with E-state index in [0.717, 1.165) is 93.6 Å². The Bertz CT molecular complexity index is 1590. The van der Waals surface area contributed by atoms with Crippen molar-refractivity contribution in [1.29, 1.82) is 5.26 Å². The molecule has 1 aromatic heterocycles. The van der Waals surface area contributed by atoms with Crippen molar-refractivity contribution in [1.82, 2.24) is 9.97 Å². The lowest BCUT2D eigenvalue weighted by Gasteiger charge is -2.29. The summed E-state index contributed by atoms with van der Waals surface area (Å²) in [5.74, 6) is 2.32. The molecule has 0 saturated carbocycles. The van der Waals surface area contributed by atoms with E-state index in [0.29, 0.717) is 37.9 Å². The van der Waals surface area contributed by atoms with Crippen LogP contribution < -0.4 is 14.4 Å². The van der Waals surface area contributed by atoms with Crippen molar-refractivity contribution < 1.29 is 14.3 Å². The first-order valence-corrected chi connectivity index (χ1v) is 18.5. The number of anilines is 1. The van der Waals surface area contributed by atoms with Gasteiger partial charge in [-0.1, -0.05) is 82.7 Å². The van der Waals surface area contributed by atoms with Gasteiger partial charge < -0.3 is 14.4 Å². The van der Waals surface area contributed by atoms with E-state index in [1.807, 2.05) is 6.08 Å². The predicted molar refractivity (Wildman–Crippen MR) is 207 cm³/mol. The molecule has 0 saturated heterocycles. The van der Waals surface area contributed by atoms with Crippen molar-refractivity contribution in [2.45, 2.75) is 97.8 Å². The Kier molecular flexibility index (Phi) is 17.8. The van der Waals surface area contributed by atoms with Crippen molar-refractivity contribution >= 4 is 22.4 Å². The summed E-state index contributed by atoms with van der Waals surface area (Å²) in [6, 6.07) is 15.4. The summed E-state index contributed by atoms with van der Waals surface area (Å²) in [5, 5.41) is 11.9. The molecule has 0 radical (unpaired) electrons. The SMILES string of the molecule is C=CC[C@@H](CCCC)COc1nc(CC)c(CCC=CCc2cc(OC)cc3ccccc23)c(N(CCCCC(=O)C=C)C[C@@H](C)CC#N)n1. The summed E-state index contributed by atoms with van der Waals surface area (Å²) in [5.41, 5.74) is 3.35. The third kappa shape index (κ3) is 12.8. The molecule has 3 rings (SSSR count). The second kappa shape index (κ2) is 22.3. The van der Waals surface area contributed by atoms with E-state index >= 15 is 0 Å². The standard InChI is InChI=1S/C43H58N4O3/c1-7-11-20-34(19-8-2)32-50-43-45-41(10-4)40(42(46-43)47(31-33(5)26-27-44)28-18-17-23-37(48)9-3)25-14-12-13-21-35-29-38(49-6)30-36-22-15-16-24-39(35)36/h8-9,12-13,15-16,22,24,29-30,33-34H,2-3,7,10-11,14,17-21,23,25-26,28,31-32H2,1,4-6H3/t33-,34-/m0/s1. The molecule has 0 spiro atoms. The van der Waals surface area contributed by atoms with Gasteiger partial charge in [-0.15, -0.1) is 6.58 Å². The topological polar surface area (TPSA) is 88.3 Å². The number of fused-ring (bicyclic) bond motifs is 1. The van der Waals surface area contributed by atoms with Crippen LogP contribution in [-0.4, -0.2) is 42.6 Å². The van der Waals surface area contributed by atoms with Crippen LogP contribution in [0.25, 0.3) is 10.8 Å². The molecule has 1 heterocycles. The van der Waals surface area contributed by atoms with Crippen molar-refractivity contribution in [3.63, 3.8) is 0 Å². The average molecular weight is 679 g/mol. The molecule has 0 amide bonds. The number of benzene rings is 2. The van der Waals surface area contributed by atoms with Crippen LogP contribution in [-0.2, 0) is 24.1 Å². The molecule has 0 aliphatic rings. The molecule has 0 fully saturated rings. The van der Waals surface area contributed by atoms with Crippen LogP contribution in [0.2, 0.25) is 0 Å². The second-order valence-electron chi connectivity index (χ2n) is 13.2.